The molecular formula is C14H17ClN2O4. The van der Waals surface area contributed by atoms with Gasteiger partial charge in [0.1, 0.15) is 6.54 Å². The highest BCUT2D eigenvalue weighted by Gasteiger charge is 2.16. The maximum absolute atomic E-state index is 11.9. The predicted octanol–water partition coefficient (Wildman–Crippen LogP) is 1.09. The zero-order valence-electron chi connectivity index (χ0n) is 11.9. The number of likely N-dealkylation sites (N-methyl/N-ethyl adjacent to an activating group) is 1. The second kappa shape index (κ2) is 8.26. The Labute approximate surface area is 128 Å². The Morgan fingerprint density at radius 2 is 2.05 bits per heavy atom. The third-order valence-corrected chi connectivity index (χ3v) is 3.00. The monoisotopic (exact) mass is 312 g/mol. The summed E-state index contributed by atoms with van der Waals surface area (Å²) in [7, 11) is 1.25. The van der Waals surface area contributed by atoms with Gasteiger partial charge in [0.25, 0.3) is 5.91 Å². The summed E-state index contributed by atoms with van der Waals surface area (Å²) in [5.41, 5.74) is 0.367. The molecule has 2 amide bonds. The van der Waals surface area contributed by atoms with E-state index in [-0.39, 0.29) is 19.0 Å². The van der Waals surface area contributed by atoms with Crippen LogP contribution in [0.5, 0.6) is 0 Å². The molecule has 1 N–H and O–H groups in total. The van der Waals surface area contributed by atoms with Crippen LogP contribution in [-0.4, -0.2) is 49.4 Å². The van der Waals surface area contributed by atoms with Crippen molar-refractivity contribution in [3.63, 3.8) is 0 Å². The average molecular weight is 313 g/mol. The summed E-state index contributed by atoms with van der Waals surface area (Å²) in [6, 6.07) is 6.40. The number of ether oxygens (including phenoxy) is 1. The standard InChI is InChI=1S/C14H17ClN2O4/c1-3-17(9-13(19)21-2)12(18)8-16-14(20)10-5-4-6-11(15)7-10/h4-7H,3,8-9H2,1-2H3,(H,16,20). The SMILES string of the molecule is CCN(CC(=O)OC)C(=O)CNC(=O)c1cccc(Cl)c1. The maximum Gasteiger partial charge on any atom is 0.325 e. The van der Waals surface area contributed by atoms with Gasteiger partial charge >= 0.3 is 5.97 Å². The first kappa shape index (κ1) is 17.0. The van der Waals surface area contributed by atoms with E-state index in [0.29, 0.717) is 17.1 Å². The Kier molecular flexibility index (Phi) is 6.68. The molecule has 0 spiro atoms. The van der Waals surface area contributed by atoms with Crippen LogP contribution in [0.1, 0.15) is 17.3 Å². The Morgan fingerprint density at radius 3 is 2.62 bits per heavy atom. The number of halogens is 1. The van der Waals surface area contributed by atoms with Crippen LogP contribution >= 0.6 is 11.6 Å². The fourth-order valence-corrected chi connectivity index (χ4v) is 1.79. The second-order valence-corrected chi connectivity index (χ2v) is 4.61. The van der Waals surface area contributed by atoms with Gasteiger partial charge in [0.05, 0.1) is 13.7 Å². The number of nitrogens with zero attached hydrogens (tertiary/aromatic N) is 1. The van der Waals surface area contributed by atoms with E-state index in [4.69, 9.17) is 11.6 Å². The molecule has 114 valence electrons. The van der Waals surface area contributed by atoms with Gasteiger partial charge < -0.3 is 15.0 Å². The second-order valence-electron chi connectivity index (χ2n) is 4.18. The Morgan fingerprint density at radius 1 is 1.33 bits per heavy atom. The largest absolute Gasteiger partial charge is 0.468 e. The Balaban J connectivity index is 2.55. The maximum atomic E-state index is 11.9. The van der Waals surface area contributed by atoms with Crippen molar-refractivity contribution >= 4 is 29.4 Å². The van der Waals surface area contributed by atoms with Gasteiger partial charge in [-0.15, -0.1) is 0 Å². The number of benzene rings is 1. The Hall–Kier alpha value is -2.08. The van der Waals surface area contributed by atoms with Gasteiger partial charge in [-0.25, -0.2) is 0 Å². The third kappa shape index (κ3) is 5.43. The lowest BCUT2D eigenvalue weighted by atomic mass is 10.2. The molecule has 0 bridgehead atoms. The first-order chi connectivity index (χ1) is 9.97. The van der Waals surface area contributed by atoms with Crippen LogP contribution in [-0.2, 0) is 14.3 Å². The van der Waals surface area contributed by atoms with Crippen LogP contribution < -0.4 is 5.32 Å². The number of hydrogen-bond donors (Lipinski definition) is 1. The molecule has 0 aromatic heterocycles. The number of carbonyl (C=O) groups excluding carboxylic acids is 3. The van der Waals surface area contributed by atoms with Gasteiger partial charge in [-0.2, -0.15) is 0 Å². The van der Waals surface area contributed by atoms with Crippen LogP contribution in [0.15, 0.2) is 24.3 Å². The number of methoxy groups -OCH3 is 1. The van der Waals surface area contributed by atoms with Gasteiger partial charge in [0.15, 0.2) is 0 Å². The average Bonchev–Trinajstić information content (AvgIpc) is 2.49. The fraction of sp³-hybridized carbons (Fsp3) is 0.357. The zero-order chi connectivity index (χ0) is 15.8. The molecule has 0 aliphatic carbocycles. The molecule has 0 atom stereocenters. The minimum atomic E-state index is -0.508. The molecule has 0 aliphatic heterocycles. The smallest absolute Gasteiger partial charge is 0.325 e. The van der Waals surface area contributed by atoms with Crippen molar-refractivity contribution in [3.8, 4) is 0 Å². The minimum Gasteiger partial charge on any atom is -0.468 e. The minimum absolute atomic E-state index is 0.140. The topological polar surface area (TPSA) is 75.7 Å². The van der Waals surface area contributed by atoms with E-state index in [1.165, 1.54) is 18.1 Å². The van der Waals surface area contributed by atoms with Crippen molar-refractivity contribution in [2.75, 3.05) is 26.7 Å². The molecule has 1 rings (SSSR count). The van der Waals surface area contributed by atoms with Gasteiger partial charge in [-0.05, 0) is 25.1 Å². The number of esters is 1. The molecule has 21 heavy (non-hydrogen) atoms. The molecule has 7 heteroatoms. The summed E-state index contributed by atoms with van der Waals surface area (Å²) < 4.78 is 4.51. The van der Waals surface area contributed by atoms with Crippen LogP contribution in [0.3, 0.4) is 0 Å². The lowest BCUT2D eigenvalue weighted by Crippen LogP contribution is -2.42. The normalized spacial score (nSPS) is 9.86. The van der Waals surface area contributed by atoms with E-state index < -0.39 is 11.9 Å². The van der Waals surface area contributed by atoms with Gasteiger partial charge in [0.2, 0.25) is 5.91 Å². The number of rotatable bonds is 6. The van der Waals surface area contributed by atoms with Crippen molar-refractivity contribution in [2.24, 2.45) is 0 Å². The van der Waals surface area contributed by atoms with Crippen molar-refractivity contribution in [1.82, 2.24) is 10.2 Å². The van der Waals surface area contributed by atoms with Gasteiger partial charge in [-0.3, -0.25) is 14.4 Å². The molecule has 1 aromatic rings. The van der Waals surface area contributed by atoms with Gasteiger partial charge in [0, 0.05) is 17.1 Å². The van der Waals surface area contributed by atoms with Gasteiger partial charge in [-0.1, -0.05) is 17.7 Å². The molecule has 0 fully saturated rings. The summed E-state index contributed by atoms with van der Waals surface area (Å²) in [5, 5.41) is 2.93. The molecule has 0 unspecified atom stereocenters. The Bertz CT molecular complexity index is 533. The van der Waals surface area contributed by atoms with Crippen LogP contribution in [0.2, 0.25) is 5.02 Å². The van der Waals surface area contributed by atoms with E-state index in [1.54, 1.807) is 25.1 Å². The summed E-state index contributed by atoms with van der Waals surface area (Å²) >= 11 is 5.79. The van der Waals surface area contributed by atoms with Crippen LogP contribution in [0, 0.1) is 0 Å². The number of carbonyl (C=O) groups is 3. The highest BCUT2D eigenvalue weighted by atomic mass is 35.5. The lowest BCUT2D eigenvalue weighted by molar-refractivity contribution is -0.146. The van der Waals surface area contributed by atoms with Crippen LogP contribution in [0.25, 0.3) is 0 Å². The van der Waals surface area contributed by atoms with Crippen molar-refractivity contribution in [3.05, 3.63) is 34.9 Å². The van der Waals surface area contributed by atoms with Crippen LogP contribution in [0.4, 0.5) is 0 Å². The van der Waals surface area contributed by atoms with E-state index in [2.05, 4.69) is 10.1 Å². The number of hydrogen-bond acceptors (Lipinski definition) is 4. The molecule has 0 radical (unpaired) electrons. The summed E-state index contributed by atoms with van der Waals surface area (Å²) in [6.07, 6.45) is 0. The summed E-state index contributed by atoms with van der Waals surface area (Å²) in [5.74, 6) is -1.27. The highest BCUT2D eigenvalue weighted by Crippen LogP contribution is 2.10. The lowest BCUT2D eigenvalue weighted by Gasteiger charge is -2.19. The molecule has 1 aromatic carbocycles. The number of nitrogens with one attached hydrogen (secondary N) is 1. The number of amides is 2. The molecule has 0 aliphatic rings. The first-order valence-corrected chi connectivity index (χ1v) is 6.74. The summed E-state index contributed by atoms with van der Waals surface area (Å²) in [6.45, 7) is 1.75. The third-order valence-electron chi connectivity index (χ3n) is 2.77. The zero-order valence-corrected chi connectivity index (χ0v) is 12.6. The first-order valence-electron chi connectivity index (χ1n) is 6.36. The van der Waals surface area contributed by atoms with E-state index in [1.807, 2.05) is 0 Å². The van der Waals surface area contributed by atoms with E-state index in [0.717, 1.165) is 0 Å². The van der Waals surface area contributed by atoms with Crippen molar-refractivity contribution in [1.29, 1.82) is 0 Å². The molecule has 0 saturated carbocycles. The fourth-order valence-electron chi connectivity index (χ4n) is 1.60. The van der Waals surface area contributed by atoms with Crippen molar-refractivity contribution in [2.45, 2.75) is 6.92 Å². The molecule has 0 heterocycles. The molecule has 0 saturated heterocycles. The quantitative estimate of drug-likeness (QED) is 0.798. The highest BCUT2D eigenvalue weighted by molar-refractivity contribution is 6.30. The van der Waals surface area contributed by atoms with E-state index >= 15 is 0 Å². The molecule has 6 nitrogen and oxygen atoms in total. The predicted molar refractivity (Wildman–Crippen MR) is 78.1 cm³/mol. The molecular weight excluding hydrogens is 296 g/mol. The van der Waals surface area contributed by atoms with E-state index in [9.17, 15) is 14.4 Å². The van der Waals surface area contributed by atoms with Crippen molar-refractivity contribution < 1.29 is 19.1 Å². The summed E-state index contributed by atoms with van der Waals surface area (Å²) in [4.78, 5) is 36.2.